The van der Waals surface area contributed by atoms with Crippen LogP contribution in [0.3, 0.4) is 0 Å². The van der Waals surface area contributed by atoms with Crippen LogP contribution in [0.4, 0.5) is 5.69 Å². The maximum Gasteiger partial charge on any atom is 0.223 e. The average molecular weight is 390 g/mol. The molecule has 0 radical (unpaired) electrons. The lowest BCUT2D eigenvalue weighted by Gasteiger charge is -2.36. The number of ether oxygens (including phenoxy) is 1. The number of nitrogens with zero attached hydrogens (tertiary/aromatic N) is 2. The van der Waals surface area contributed by atoms with E-state index in [4.69, 9.17) is 10.5 Å². The molecule has 2 N–H and O–H groups in total. The molecule has 1 heterocycles. The molecule has 1 saturated heterocycles. The second kappa shape index (κ2) is 10.1. The quantitative estimate of drug-likeness (QED) is 0.859. The predicted molar refractivity (Wildman–Crippen MR) is 106 cm³/mol. The lowest BCUT2D eigenvalue weighted by Crippen LogP contribution is -2.49. The van der Waals surface area contributed by atoms with Gasteiger partial charge in [-0.25, -0.2) is 0 Å². The van der Waals surface area contributed by atoms with Crippen LogP contribution in [0.25, 0.3) is 0 Å². The van der Waals surface area contributed by atoms with Gasteiger partial charge in [0.1, 0.15) is 5.75 Å². The van der Waals surface area contributed by atoms with E-state index >= 15 is 0 Å². The molecule has 1 aromatic rings. The molecule has 1 aliphatic heterocycles. The van der Waals surface area contributed by atoms with Gasteiger partial charge >= 0.3 is 0 Å². The molecule has 142 valence electrons. The number of amides is 1. The van der Waals surface area contributed by atoms with E-state index in [0.717, 1.165) is 50.5 Å². The largest absolute Gasteiger partial charge is 0.497 e. The second-order valence-electron chi connectivity index (χ2n) is 6.63. The smallest absolute Gasteiger partial charge is 0.223 e. The van der Waals surface area contributed by atoms with E-state index in [1.807, 2.05) is 17.0 Å². The molecule has 5 nitrogen and oxygen atoms in total. The molecule has 1 aromatic carbocycles. The molecule has 0 unspecified atom stereocenters. The summed E-state index contributed by atoms with van der Waals surface area (Å²) < 4.78 is 5.29. The Kier molecular flexibility index (Phi) is 8.83. The lowest BCUT2D eigenvalue weighted by molar-refractivity contribution is -0.132. The zero-order valence-electron chi connectivity index (χ0n) is 14.7. The Morgan fingerprint density at radius 2 is 1.92 bits per heavy atom. The molecule has 2 atom stereocenters. The Bertz CT molecular complexity index is 551. The summed E-state index contributed by atoms with van der Waals surface area (Å²) in [7, 11) is 1.68. The highest BCUT2D eigenvalue weighted by molar-refractivity contribution is 5.85. The van der Waals surface area contributed by atoms with Crippen molar-refractivity contribution in [2.75, 3.05) is 38.2 Å². The van der Waals surface area contributed by atoms with Gasteiger partial charge in [0.2, 0.25) is 5.91 Å². The highest BCUT2D eigenvalue weighted by Crippen LogP contribution is 2.28. The van der Waals surface area contributed by atoms with Crippen molar-refractivity contribution in [1.82, 2.24) is 4.90 Å². The minimum absolute atomic E-state index is 0. The van der Waals surface area contributed by atoms with Gasteiger partial charge < -0.3 is 20.3 Å². The van der Waals surface area contributed by atoms with Gasteiger partial charge in [-0.3, -0.25) is 4.79 Å². The van der Waals surface area contributed by atoms with E-state index in [2.05, 4.69) is 17.0 Å². The van der Waals surface area contributed by atoms with Crippen molar-refractivity contribution in [1.29, 1.82) is 0 Å². The fourth-order valence-electron chi connectivity index (χ4n) is 3.69. The van der Waals surface area contributed by atoms with Crippen molar-refractivity contribution in [2.24, 2.45) is 11.7 Å². The van der Waals surface area contributed by atoms with Crippen molar-refractivity contribution in [3.63, 3.8) is 0 Å². The first-order chi connectivity index (χ1) is 11.2. The van der Waals surface area contributed by atoms with Crippen molar-refractivity contribution >= 4 is 36.4 Å². The van der Waals surface area contributed by atoms with Crippen LogP contribution in [0.15, 0.2) is 24.3 Å². The van der Waals surface area contributed by atoms with Crippen molar-refractivity contribution in [3.05, 3.63) is 24.3 Å². The molecule has 1 saturated carbocycles. The minimum Gasteiger partial charge on any atom is -0.497 e. The van der Waals surface area contributed by atoms with Gasteiger partial charge in [0.15, 0.2) is 0 Å². The number of carbonyl (C=O) groups excluding carboxylic acids is 1. The van der Waals surface area contributed by atoms with Crippen LogP contribution in [-0.4, -0.2) is 50.1 Å². The van der Waals surface area contributed by atoms with Gasteiger partial charge in [-0.2, -0.15) is 0 Å². The molecule has 0 spiro atoms. The molecular weight excluding hydrogens is 361 g/mol. The van der Waals surface area contributed by atoms with Gasteiger partial charge in [-0.05, 0) is 30.9 Å². The van der Waals surface area contributed by atoms with E-state index in [1.54, 1.807) is 7.11 Å². The van der Waals surface area contributed by atoms with Gasteiger partial charge in [0.25, 0.3) is 0 Å². The minimum atomic E-state index is 0. The summed E-state index contributed by atoms with van der Waals surface area (Å²) in [6.45, 7) is 3.32. The summed E-state index contributed by atoms with van der Waals surface area (Å²) >= 11 is 0. The summed E-state index contributed by atoms with van der Waals surface area (Å²) in [5.74, 6) is 1.53. The number of anilines is 1. The summed E-state index contributed by atoms with van der Waals surface area (Å²) in [4.78, 5) is 16.8. The number of hydrogen-bond donors (Lipinski definition) is 1. The summed E-state index contributed by atoms with van der Waals surface area (Å²) in [5.41, 5.74) is 7.25. The normalized spacial score (nSPS) is 22.8. The van der Waals surface area contributed by atoms with E-state index < -0.39 is 0 Å². The highest BCUT2D eigenvalue weighted by atomic mass is 35.5. The number of nitrogens with two attached hydrogens (primary N) is 1. The van der Waals surface area contributed by atoms with E-state index in [1.165, 1.54) is 6.42 Å². The molecule has 1 aliphatic carbocycles. The number of methoxy groups -OCH3 is 1. The fourth-order valence-corrected chi connectivity index (χ4v) is 3.69. The molecule has 2 fully saturated rings. The van der Waals surface area contributed by atoms with Crippen molar-refractivity contribution < 1.29 is 9.53 Å². The van der Waals surface area contributed by atoms with Gasteiger partial charge in [-0.15, -0.1) is 24.8 Å². The Morgan fingerprint density at radius 1 is 1.20 bits per heavy atom. The summed E-state index contributed by atoms with van der Waals surface area (Å²) in [6.07, 6.45) is 3.97. The SMILES string of the molecule is COc1cccc(N2CCN(C(=O)C[C@@H]3CCC[C@H]3N)CC2)c1.Cl.Cl. The first-order valence-electron chi connectivity index (χ1n) is 8.59. The van der Waals surface area contributed by atoms with E-state index in [0.29, 0.717) is 12.3 Å². The maximum atomic E-state index is 12.5. The molecule has 3 rings (SSSR count). The Labute approximate surface area is 162 Å². The van der Waals surface area contributed by atoms with Crippen LogP contribution < -0.4 is 15.4 Å². The molecular formula is C18H29Cl2N3O2. The molecule has 2 aliphatic rings. The van der Waals surface area contributed by atoms with Gasteiger partial charge in [0.05, 0.1) is 7.11 Å². The third kappa shape index (κ3) is 5.40. The van der Waals surface area contributed by atoms with Gasteiger partial charge in [-0.1, -0.05) is 12.5 Å². The van der Waals surface area contributed by atoms with Crippen molar-refractivity contribution in [3.8, 4) is 5.75 Å². The van der Waals surface area contributed by atoms with Crippen LogP contribution in [-0.2, 0) is 4.79 Å². The Balaban J connectivity index is 0.00000156. The number of hydrogen-bond acceptors (Lipinski definition) is 4. The zero-order chi connectivity index (χ0) is 16.2. The molecule has 7 heteroatoms. The maximum absolute atomic E-state index is 12.5. The zero-order valence-corrected chi connectivity index (χ0v) is 16.4. The van der Waals surface area contributed by atoms with Crippen LogP contribution in [0.2, 0.25) is 0 Å². The van der Waals surface area contributed by atoms with Crippen LogP contribution in [0.1, 0.15) is 25.7 Å². The van der Waals surface area contributed by atoms with E-state index in [-0.39, 0.29) is 36.8 Å². The van der Waals surface area contributed by atoms with Crippen LogP contribution in [0.5, 0.6) is 5.75 Å². The predicted octanol–water partition coefficient (Wildman–Crippen LogP) is 2.70. The Hall–Kier alpha value is -1.17. The Morgan fingerprint density at radius 3 is 2.52 bits per heavy atom. The molecule has 0 aromatic heterocycles. The number of benzene rings is 1. The molecule has 25 heavy (non-hydrogen) atoms. The first kappa shape index (κ1) is 21.9. The van der Waals surface area contributed by atoms with Crippen LogP contribution >= 0.6 is 24.8 Å². The highest BCUT2D eigenvalue weighted by Gasteiger charge is 2.29. The van der Waals surface area contributed by atoms with E-state index in [9.17, 15) is 4.79 Å². The lowest BCUT2D eigenvalue weighted by atomic mass is 9.99. The third-order valence-electron chi connectivity index (χ3n) is 5.21. The molecule has 0 bridgehead atoms. The topological polar surface area (TPSA) is 58.8 Å². The van der Waals surface area contributed by atoms with Crippen LogP contribution in [0, 0.1) is 5.92 Å². The third-order valence-corrected chi connectivity index (χ3v) is 5.21. The second-order valence-corrected chi connectivity index (χ2v) is 6.63. The number of rotatable bonds is 4. The number of carbonyl (C=O) groups is 1. The standard InChI is InChI=1S/C18H27N3O2.2ClH/c1-23-16-6-3-5-15(13-16)20-8-10-21(11-9-20)18(22)12-14-4-2-7-17(14)19;;/h3,5-6,13-14,17H,2,4,7-12,19H2,1H3;2*1H/t14-,17+;;/m0../s1. The monoisotopic (exact) mass is 389 g/mol. The summed E-state index contributed by atoms with van der Waals surface area (Å²) in [5, 5.41) is 0. The van der Waals surface area contributed by atoms with Crippen molar-refractivity contribution in [2.45, 2.75) is 31.7 Å². The van der Waals surface area contributed by atoms with Gasteiger partial charge in [0, 0.05) is 50.4 Å². The number of piperazine rings is 1. The molecule has 1 amide bonds. The fraction of sp³-hybridized carbons (Fsp3) is 0.611. The summed E-state index contributed by atoms with van der Waals surface area (Å²) in [6, 6.07) is 8.32. The average Bonchev–Trinajstić information content (AvgIpc) is 3.00. The first-order valence-corrected chi connectivity index (χ1v) is 8.59. The number of halogens is 2.